The topological polar surface area (TPSA) is 41.6 Å². The van der Waals surface area contributed by atoms with Gasteiger partial charge in [0, 0.05) is 24.7 Å². The molecule has 4 nitrogen and oxygen atoms in total. The van der Waals surface area contributed by atoms with E-state index in [9.17, 15) is 4.79 Å². The van der Waals surface area contributed by atoms with Crippen LogP contribution < -0.4 is 10.1 Å². The van der Waals surface area contributed by atoms with E-state index in [-0.39, 0.29) is 18.5 Å². The third-order valence-corrected chi connectivity index (χ3v) is 5.14. The first kappa shape index (κ1) is 20.2. The largest absolute Gasteiger partial charge is 0.497 e. The number of rotatable bonds is 7. The van der Waals surface area contributed by atoms with Gasteiger partial charge < -0.3 is 15.0 Å². The maximum atomic E-state index is 12.5. The molecule has 28 heavy (non-hydrogen) atoms. The summed E-state index contributed by atoms with van der Waals surface area (Å²) in [6.45, 7) is 2.89. The molecule has 1 N–H and O–H groups in total. The van der Waals surface area contributed by atoms with E-state index in [1.165, 1.54) is 0 Å². The number of nitrogens with one attached hydrogen (secondary N) is 1. The minimum atomic E-state index is 0.0515. The van der Waals surface area contributed by atoms with Crippen LogP contribution >= 0.6 is 11.6 Å². The predicted molar refractivity (Wildman–Crippen MR) is 115 cm³/mol. The number of ether oxygens (including phenoxy) is 1. The van der Waals surface area contributed by atoms with Crippen LogP contribution in [0.4, 0.5) is 0 Å². The van der Waals surface area contributed by atoms with E-state index in [0.29, 0.717) is 11.6 Å². The molecule has 0 fully saturated rings. The number of fused-ring (bicyclic) bond motifs is 1. The van der Waals surface area contributed by atoms with Crippen LogP contribution in [-0.2, 0) is 11.3 Å². The van der Waals surface area contributed by atoms with Crippen LogP contribution in [0.25, 0.3) is 10.8 Å². The lowest BCUT2D eigenvalue weighted by Gasteiger charge is -2.20. The second kappa shape index (κ2) is 9.09. The van der Waals surface area contributed by atoms with E-state index in [1.54, 1.807) is 12.0 Å². The van der Waals surface area contributed by atoms with Crippen molar-refractivity contribution in [2.24, 2.45) is 0 Å². The third kappa shape index (κ3) is 5.03. The second-order valence-corrected chi connectivity index (χ2v) is 7.39. The summed E-state index contributed by atoms with van der Waals surface area (Å²) in [5, 5.41) is 6.24. The van der Waals surface area contributed by atoms with Crippen molar-refractivity contribution in [3.05, 3.63) is 76.8 Å². The molecule has 0 aromatic heterocycles. The number of hydrogen-bond acceptors (Lipinski definition) is 3. The number of nitrogens with zero attached hydrogens (tertiary/aromatic N) is 1. The number of carbonyl (C=O) groups excluding carboxylic acids is 1. The van der Waals surface area contributed by atoms with Gasteiger partial charge >= 0.3 is 0 Å². The number of halogens is 1. The molecule has 0 radical (unpaired) electrons. The normalized spacial score (nSPS) is 12.0. The molecule has 0 aliphatic heterocycles. The Morgan fingerprint density at radius 2 is 1.75 bits per heavy atom. The van der Waals surface area contributed by atoms with Gasteiger partial charge in [0.15, 0.2) is 0 Å². The van der Waals surface area contributed by atoms with Gasteiger partial charge in [-0.25, -0.2) is 0 Å². The lowest BCUT2D eigenvalue weighted by atomic mass is 10.1. The van der Waals surface area contributed by atoms with Gasteiger partial charge in [-0.2, -0.15) is 0 Å². The molecule has 1 amide bonds. The summed E-state index contributed by atoms with van der Waals surface area (Å²) < 4.78 is 5.27. The summed E-state index contributed by atoms with van der Waals surface area (Å²) in [5.41, 5.74) is 2.20. The molecule has 0 unspecified atom stereocenters. The maximum absolute atomic E-state index is 12.5. The molecule has 0 aliphatic carbocycles. The standard InChI is InChI=1S/C23H25ClN2O2/c1-16(18-6-9-21(24)10-7-18)25-14-23(27)26(2)15-17-4-5-20-13-22(28-3)11-8-19(20)12-17/h4-13,16,25H,14-15H2,1-3H3/t16-/m1/s1. The predicted octanol–water partition coefficient (Wildman–Crippen LogP) is 4.81. The van der Waals surface area contributed by atoms with Crippen LogP contribution in [0.5, 0.6) is 5.75 Å². The fraction of sp³-hybridized carbons (Fsp3) is 0.261. The van der Waals surface area contributed by atoms with Crippen LogP contribution in [0.1, 0.15) is 24.1 Å². The van der Waals surface area contributed by atoms with Gasteiger partial charge in [0.1, 0.15) is 5.75 Å². The minimum Gasteiger partial charge on any atom is -0.497 e. The molecule has 0 heterocycles. The lowest BCUT2D eigenvalue weighted by Crippen LogP contribution is -2.36. The van der Waals surface area contributed by atoms with Gasteiger partial charge in [0.05, 0.1) is 13.7 Å². The molecule has 0 saturated carbocycles. The van der Waals surface area contributed by atoms with Crippen LogP contribution in [0.2, 0.25) is 5.02 Å². The zero-order chi connectivity index (χ0) is 20.1. The molecule has 146 valence electrons. The van der Waals surface area contributed by atoms with Crippen molar-refractivity contribution in [1.29, 1.82) is 0 Å². The summed E-state index contributed by atoms with van der Waals surface area (Å²) >= 11 is 5.93. The number of carbonyl (C=O) groups is 1. The Morgan fingerprint density at radius 1 is 1.07 bits per heavy atom. The second-order valence-electron chi connectivity index (χ2n) is 6.95. The Morgan fingerprint density at radius 3 is 2.46 bits per heavy atom. The highest BCUT2D eigenvalue weighted by molar-refractivity contribution is 6.30. The highest BCUT2D eigenvalue weighted by Gasteiger charge is 2.12. The summed E-state index contributed by atoms with van der Waals surface area (Å²) in [6, 6.07) is 20.0. The van der Waals surface area contributed by atoms with Crippen LogP contribution in [0.3, 0.4) is 0 Å². The van der Waals surface area contributed by atoms with Crippen molar-refractivity contribution < 1.29 is 9.53 Å². The van der Waals surface area contributed by atoms with E-state index < -0.39 is 0 Å². The summed E-state index contributed by atoms with van der Waals surface area (Å²) in [4.78, 5) is 14.3. The van der Waals surface area contributed by atoms with Gasteiger partial charge in [0.2, 0.25) is 5.91 Å². The molecule has 3 rings (SSSR count). The Kier molecular flexibility index (Phi) is 6.55. The van der Waals surface area contributed by atoms with E-state index in [0.717, 1.165) is 27.6 Å². The van der Waals surface area contributed by atoms with Gasteiger partial charge in [-0.05, 0) is 59.2 Å². The van der Waals surface area contributed by atoms with Crippen molar-refractivity contribution in [3.63, 3.8) is 0 Å². The number of likely N-dealkylation sites (N-methyl/N-ethyl adjacent to an activating group) is 1. The molecule has 5 heteroatoms. The summed E-state index contributed by atoms with van der Waals surface area (Å²) in [6.07, 6.45) is 0. The van der Waals surface area contributed by atoms with E-state index in [1.807, 2.05) is 56.4 Å². The van der Waals surface area contributed by atoms with Crippen molar-refractivity contribution >= 4 is 28.3 Å². The monoisotopic (exact) mass is 396 g/mol. The average molecular weight is 397 g/mol. The van der Waals surface area contributed by atoms with Gasteiger partial charge in [0.25, 0.3) is 0 Å². The van der Waals surface area contributed by atoms with Crippen molar-refractivity contribution in [1.82, 2.24) is 10.2 Å². The average Bonchev–Trinajstić information content (AvgIpc) is 2.71. The first-order chi connectivity index (χ1) is 13.5. The highest BCUT2D eigenvalue weighted by Crippen LogP contribution is 2.22. The smallest absolute Gasteiger partial charge is 0.236 e. The molecular weight excluding hydrogens is 372 g/mol. The van der Waals surface area contributed by atoms with Gasteiger partial charge in [-0.15, -0.1) is 0 Å². The molecular formula is C23H25ClN2O2. The molecule has 0 spiro atoms. The van der Waals surface area contributed by atoms with Crippen LogP contribution in [0.15, 0.2) is 60.7 Å². The number of hydrogen-bond donors (Lipinski definition) is 1. The van der Waals surface area contributed by atoms with Crippen molar-refractivity contribution in [3.8, 4) is 5.75 Å². The van der Waals surface area contributed by atoms with E-state index in [2.05, 4.69) is 23.5 Å². The summed E-state index contributed by atoms with van der Waals surface area (Å²) in [7, 11) is 3.49. The lowest BCUT2D eigenvalue weighted by molar-refractivity contribution is -0.129. The van der Waals surface area contributed by atoms with E-state index in [4.69, 9.17) is 16.3 Å². The third-order valence-electron chi connectivity index (χ3n) is 4.89. The molecule has 1 atom stereocenters. The number of methoxy groups -OCH3 is 1. The fourth-order valence-corrected chi connectivity index (χ4v) is 3.23. The highest BCUT2D eigenvalue weighted by atomic mass is 35.5. The number of benzene rings is 3. The Balaban J connectivity index is 1.57. The molecule has 3 aromatic carbocycles. The molecule has 0 aliphatic rings. The first-order valence-electron chi connectivity index (χ1n) is 9.26. The molecule has 3 aromatic rings. The van der Waals surface area contributed by atoms with Crippen molar-refractivity contribution in [2.75, 3.05) is 20.7 Å². The van der Waals surface area contributed by atoms with Crippen LogP contribution in [-0.4, -0.2) is 31.5 Å². The first-order valence-corrected chi connectivity index (χ1v) is 9.63. The number of amides is 1. The Hall–Kier alpha value is -2.56. The van der Waals surface area contributed by atoms with E-state index >= 15 is 0 Å². The maximum Gasteiger partial charge on any atom is 0.236 e. The van der Waals surface area contributed by atoms with Crippen molar-refractivity contribution in [2.45, 2.75) is 19.5 Å². The zero-order valence-corrected chi connectivity index (χ0v) is 17.2. The summed E-state index contributed by atoms with van der Waals surface area (Å²) in [5.74, 6) is 0.893. The molecule has 0 saturated heterocycles. The Labute approximate surface area is 171 Å². The zero-order valence-electron chi connectivity index (χ0n) is 16.4. The van der Waals surface area contributed by atoms with Crippen LogP contribution in [0, 0.1) is 0 Å². The Bertz CT molecular complexity index is 956. The minimum absolute atomic E-state index is 0.0515. The fourth-order valence-electron chi connectivity index (χ4n) is 3.11. The van der Waals surface area contributed by atoms with Gasteiger partial charge in [-0.3, -0.25) is 4.79 Å². The van der Waals surface area contributed by atoms with Gasteiger partial charge in [-0.1, -0.05) is 41.9 Å². The quantitative estimate of drug-likeness (QED) is 0.623. The molecule has 0 bridgehead atoms. The SMILES string of the molecule is COc1ccc2cc(CN(C)C(=O)CN[C@H](C)c3ccc(Cl)cc3)ccc2c1.